The molecule has 0 radical (unpaired) electrons. The minimum absolute atomic E-state index is 0.122. The van der Waals surface area contributed by atoms with Crippen molar-refractivity contribution in [3.63, 3.8) is 0 Å². The number of urea groups is 1. The van der Waals surface area contributed by atoms with Gasteiger partial charge in [-0.1, -0.05) is 39.0 Å². The highest BCUT2D eigenvalue weighted by Crippen LogP contribution is 2.31. The number of nitrogens with one attached hydrogen (secondary N) is 2. The van der Waals surface area contributed by atoms with Crippen molar-refractivity contribution in [3.8, 4) is 0 Å². The topological polar surface area (TPSA) is 79.2 Å². The molecule has 3 N–H and O–H groups in total. The average Bonchev–Trinajstić information content (AvgIpc) is 3.00. The predicted octanol–water partition coefficient (Wildman–Crippen LogP) is 2.53. The van der Waals surface area contributed by atoms with E-state index in [0.29, 0.717) is 17.4 Å². The van der Waals surface area contributed by atoms with E-state index in [-0.39, 0.29) is 18.6 Å². The molecule has 0 saturated heterocycles. The Morgan fingerprint density at radius 2 is 2.08 bits per heavy atom. The van der Waals surface area contributed by atoms with Crippen LogP contribution in [0.15, 0.2) is 12.4 Å². The Bertz CT molecular complexity index is 535. The van der Waals surface area contributed by atoms with Gasteiger partial charge in [0.2, 0.25) is 0 Å². The maximum atomic E-state index is 12.2. The van der Waals surface area contributed by atoms with Crippen LogP contribution in [0.1, 0.15) is 58.4 Å². The summed E-state index contributed by atoms with van der Waals surface area (Å²) in [5.74, 6) is 1.17. The van der Waals surface area contributed by atoms with Crippen molar-refractivity contribution in [1.29, 1.82) is 0 Å². The zero-order chi connectivity index (χ0) is 17.7. The molecule has 2 rings (SSSR count). The molecule has 1 aliphatic carbocycles. The van der Waals surface area contributed by atoms with Crippen molar-refractivity contribution in [1.82, 2.24) is 20.4 Å². The van der Waals surface area contributed by atoms with Crippen LogP contribution in [0.25, 0.3) is 0 Å². The number of rotatable bonds is 6. The van der Waals surface area contributed by atoms with Gasteiger partial charge in [0, 0.05) is 24.8 Å². The summed E-state index contributed by atoms with van der Waals surface area (Å²) in [5.41, 5.74) is -0.446. The molecule has 3 unspecified atom stereocenters. The number of carbonyl (C=O) groups is 1. The lowest BCUT2D eigenvalue weighted by molar-refractivity contribution is 0.0590. The van der Waals surface area contributed by atoms with E-state index in [9.17, 15) is 9.90 Å². The third kappa shape index (κ3) is 4.97. The Morgan fingerprint density at radius 1 is 1.42 bits per heavy atom. The summed E-state index contributed by atoms with van der Waals surface area (Å²) in [6.45, 7) is 6.12. The van der Waals surface area contributed by atoms with Crippen molar-refractivity contribution in [3.05, 3.63) is 18.0 Å². The number of aryl methyl sites for hydroxylation is 1. The highest BCUT2D eigenvalue weighted by molar-refractivity contribution is 5.74. The molecule has 1 saturated carbocycles. The van der Waals surface area contributed by atoms with Gasteiger partial charge in [0.1, 0.15) is 5.60 Å². The Balaban J connectivity index is 1.79. The molecule has 0 spiro atoms. The molecule has 1 aromatic rings. The van der Waals surface area contributed by atoms with Gasteiger partial charge < -0.3 is 15.7 Å². The number of aliphatic hydroxyl groups is 1. The fraction of sp³-hybridized carbons (Fsp3) is 0.778. The van der Waals surface area contributed by atoms with Gasteiger partial charge >= 0.3 is 6.03 Å². The Hall–Kier alpha value is -1.56. The monoisotopic (exact) mass is 336 g/mol. The van der Waals surface area contributed by atoms with Crippen molar-refractivity contribution < 1.29 is 9.90 Å². The summed E-state index contributed by atoms with van der Waals surface area (Å²) in [6.07, 6.45) is 9.87. The molecule has 136 valence electrons. The second-order valence-corrected chi connectivity index (χ2v) is 7.55. The van der Waals surface area contributed by atoms with E-state index < -0.39 is 5.60 Å². The predicted molar refractivity (Wildman–Crippen MR) is 94.5 cm³/mol. The summed E-state index contributed by atoms with van der Waals surface area (Å²) < 4.78 is 1.64. The fourth-order valence-electron chi connectivity index (χ4n) is 3.51. The van der Waals surface area contributed by atoms with E-state index >= 15 is 0 Å². The molecule has 6 nitrogen and oxygen atoms in total. The summed E-state index contributed by atoms with van der Waals surface area (Å²) in [4.78, 5) is 12.2. The standard InChI is InChI=1S/C18H32N4O2/c1-13(15-8-6-5-7-9-15)14(2)21-17(23)19-12-18(3,24)16-10-20-22(4)11-16/h10-11,13-15,24H,5-9,12H2,1-4H3,(H2,19,21,23). The molecule has 0 aromatic carbocycles. The SMILES string of the molecule is CC(NC(=O)NCC(C)(O)c1cnn(C)c1)C(C)C1CCCCC1. The first-order valence-corrected chi connectivity index (χ1v) is 9.05. The number of hydrogen-bond donors (Lipinski definition) is 3. The van der Waals surface area contributed by atoms with Crippen LogP contribution in [0.2, 0.25) is 0 Å². The van der Waals surface area contributed by atoms with Gasteiger partial charge in [0.25, 0.3) is 0 Å². The van der Waals surface area contributed by atoms with Gasteiger partial charge in [-0.05, 0) is 25.7 Å². The average molecular weight is 336 g/mol. The van der Waals surface area contributed by atoms with Crippen LogP contribution < -0.4 is 10.6 Å². The Kier molecular flexibility index (Phi) is 6.27. The molecule has 1 fully saturated rings. The third-order valence-corrected chi connectivity index (χ3v) is 5.46. The van der Waals surface area contributed by atoms with Gasteiger partial charge in [-0.2, -0.15) is 5.10 Å². The molecule has 24 heavy (non-hydrogen) atoms. The minimum atomic E-state index is -1.14. The van der Waals surface area contributed by atoms with Crippen LogP contribution >= 0.6 is 0 Å². The molecule has 1 aliphatic rings. The zero-order valence-electron chi connectivity index (χ0n) is 15.4. The normalized spacial score (nSPS) is 20.9. The van der Waals surface area contributed by atoms with Crippen LogP contribution in [0.3, 0.4) is 0 Å². The lowest BCUT2D eigenvalue weighted by atomic mass is 9.78. The summed E-state index contributed by atoms with van der Waals surface area (Å²) in [6, 6.07) is -0.106. The number of amides is 2. The van der Waals surface area contributed by atoms with E-state index in [4.69, 9.17) is 0 Å². The second-order valence-electron chi connectivity index (χ2n) is 7.55. The van der Waals surface area contributed by atoms with Crippen LogP contribution in [0, 0.1) is 11.8 Å². The van der Waals surface area contributed by atoms with Gasteiger partial charge in [0.05, 0.1) is 12.7 Å². The number of aromatic nitrogens is 2. The molecule has 6 heteroatoms. The molecule has 3 atom stereocenters. The molecule has 1 heterocycles. The van der Waals surface area contributed by atoms with Crippen LogP contribution in [0.4, 0.5) is 4.79 Å². The molecular weight excluding hydrogens is 304 g/mol. The number of hydrogen-bond acceptors (Lipinski definition) is 3. The molecule has 1 aromatic heterocycles. The van der Waals surface area contributed by atoms with Crippen molar-refractivity contribution in [2.75, 3.05) is 6.54 Å². The van der Waals surface area contributed by atoms with Gasteiger partial charge in [-0.15, -0.1) is 0 Å². The Morgan fingerprint density at radius 3 is 2.67 bits per heavy atom. The van der Waals surface area contributed by atoms with E-state index in [0.717, 1.165) is 0 Å². The summed E-state index contributed by atoms with van der Waals surface area (Å²) >= 11 is 0. The molecule has 0 aliphatic heterocycles. The first-order chi connectivity index (χ1) is 11.3. The zero-order valence-corrected chi connectivity index (χ0v) is 15.4. The molecular formula is C18H32N4O2. The summed E-state index contributed by atoms with van der Waals surface area (Å²) in [5, 5.41) is 20.4. The van der Waals surface area contributed by atoms with Crippen molar-refractivity contribution >= 4 is 6.03 Å². The van der Waals surface area contributed by atoms with E-state index in [1.807, 2.05) is 0 Å². The van der Waals surface area contributed by atoms with Crippen molar-refractivity contribution in [2.24, 2.45) is 18.9 Å². The first kappa shape index (κ1) is 18.8. The van der Waals surface area contributed by atoms with Gasteiger partial charge in [-0.25, -0.2) is 4.79 Å². The van der Waals surface area contributed by atoms with Gasteiger partial charge in [0.15, 0.2) is 0 Å². The Labute approximate surface area is 145 Å². The third-order valence-electron chi connectivity index (χ3n) is 5.46. The van der Waals surface area contributed by atoms with E-state index in [1.165, 1.54) is 32.1 Å². The van der Waals surface area contributed by atoms with Crippen LogP contribution in [-0.4, -0.2) is 33.5 Å². The van der Waals surface area contributed by atoms with Crippen molar-refractivity contribution in [2.45, 2.75) is 64.5 Å². The highest BCUT2D eigenvalue weighted by Gasteiger charge is 2.28. The number of nitrogens with zero attached hydrogens (tertiary/aromatic N) is 2. The lowest BCUT2D eigenvalue weighted by Gasteiger charge is -2.32. The largest absolute Gasteiger partial charge is 0.383 e. The molecule has 2 amide bonds. The van der Waals surface area contributed by atoms with Crippen LogP contribution in [-0.2, 0) is 12.6 Å². The minimum Gasteiger partial charge on any atom is -0.383 e. The number of carbonyl (C=O) groups excluding carboxylic acids is 1. The van der Waals surface area contributed by atoms with Crippen LogP contribution in [0.5, 0.6) is 0 Å². The smallest absolute Gasteiger partial charge is 0.315 e. The first-order valence-electron chi connectivity index (χ1n) is 9.05. The summed E-state index contributed by atoms with van der Waals surface area (Å²) in [7, 11) is 1.80. The maximum Gasteiger partial charge on any atom is 0.315 e. The molecule has 0 bridgehead atoms. The second kappa shape index (κ2) is 8.01. The van der Waals surface area contributed by atoms with E-state index in [1.54, 1.807) is 31.0 Å². The quantitative estimate of drug-likeness (QED) is 0.747. The van der Waals surface area contributed by atoms with E-state index in [2.05, 4.69) is 29.6 Å². The lowest BCUT2D eigenvalue weighted by Crippen LogP contribution is -2.48. The fourth-order valence-corrected chi connectivity index (χ4v) is 3.51. The van der Waals surface area contributed by atoms with Gasteiger partial charge in [-0.3, -0.25) is 4.68 Å². The highest BCUT2D eigenvalue weighted by atomic mass is 16.3. The maximum absolute atomic E-state index is 12.2.